The van der Waals surface area contributed by atoms with Gasteiger partial charge < -0.3 is 19.6 Å². The first-order chi connectivity index (χ1) is 18.9. The second-order valence-electron chi connectivity index (χ2n) is 9.37. The lowest BCUT2D eigenvalue weighted by atomic mass is 10.1. The van der Waals surface area contributed by atoms with Gasteiger partial charge in [0.2, 0.25) is 5.91 Å². The van der Waals surface area contributed by atoms with E-state index < -0.39 is 5.97 Å². The van der Waals surface area contributed by atoms with Crippen LogP contribution in [0.2, 0.25) is 0 Å². The molecule has 0 aliphatic heterocycles. The zero-order valence-corrected chi connectivity index (χ0v) is 22.0. The normalized spacial score (nSPS) is 11.1. The zero-order valence-electron chi connectivity index (χ0n) is 22.0. The molecule has 0 unspecified atom stereocenters. The summed E-state index contributed by atoms with van der Waals surface area (Å²) in [6.07, 6.45) is 2.51. The number of likely N-dealkylation sites (N-methyl/N-ethyl adjacent to an activating group) is 1. The van der Waals surface area contributed by atoms with Gasteiger partial charge in [0, 0.05) is 18.8 Å². The Hall–Kier alpha value is -4.40. The summed E-state index contributed by atoms with van der Waals surface area (Å²) < 4.78 is 11.3. The molecule has 1 aromatic heterocycles. The molecule has 0 fully saturated rings. The predicted octanol–water partition coefficient (Wildman–Crippen LogP) is 5.73. The molecule has 0 saturated carbocycles. The number of benzene rings is 3. The number of carbonyl (C=O) groups is 2. The lowest BCUT2D eigenvalue weighted by Crippen LogP contribution is -2.33. The topological polar surface area (TPSA) is 95.3 Å². The molecule has 0 atom stereocenters. The van der Waals surface area contributed by atoms with Crippen molar-refractivity contribution in [2.24, 2.45) is 0 Å². The Labute approximate surface area is 228 Å². The largest absolute Gasteiger partial charge is 0.478 e. The third-order valence-corrected chi connectivity index (χ3v) is 6.11. The molecule has 39 heavy (non-hydrogen) atoms. The standard InChI is InChI=1S/C31H33N3O5/c1-33(23-30(35)32-26-14-16-28(17-15-26)39-27-7-3-2-4-8-27)18-6-19-34(22-29-9-5-20-38-29)21-24-10-12-25(13-11-24)31(36)37/h2-5,7-17,20H,6,18-19,21-23H2,1H3,(H,32,35)(H,36,37). The molecular weight excluding hydrogens is 494 g/mol. The van der Waals surface area contributed by atoms with Crippen molar-refractivity contribution in [1.29, 1.82) is 0 Å². The number of hydrogen-bond donors (Lipinski definition) is 2. The minimum atomic E-state index is -0.935. The van der Waals surface area contributed by atoms with E-state index in [1.54, 1.807) is 18.4 Å². The van der Waals surface area contributed by atoms with Gasteiger partial charge in [-0.15, -0.1) is 0 Å². The maximum atomic E-state index is 12.6. The smallest absolute Gasteiger partial charge is 0.335 e. The molecule has 0 bridgehead atoms. The van der Waals surface area contributed by atoms with Gasteiger partial charge in [0.1, 0.15) is 17.3 Å². The summed E-state index contributed by atoms with van der Waals surface area (Å²) in [5.74, 6) is 1.31. The molecule has 0 aliphatic rings. The highest BCUT2D eigenvalue weighted by molar-refractivity contribution is 5.92. The average Bonchev–Trinajstić information content (AvgIpc) is 3.44. The fraction of sp³-hybridized carbons (Fsp3) is 0.226. The van der Waals surface area contributed by atoms with Crippen LogP contribution in [0.25, 0.3) is 0 Å². The molecule has 1 heterocycles. The highest BCUT2D eigenvalue weighted by atomic mass is 16.5. The summed E-state index contributed by atoms with van der Waals surface area (Å²) >= 11 is 0. The Balaban J connectivity index is 1.22. The molecule has 2 N–H and O–H groups in total. The quantitative estimate of drug-likeness (QED) is 0.216. The number of anilines is 1. The zero-order chi connectivity index (χ0) is 27.5. The number of amides is 1. The molecule has 4 aromatic rings. The number of rotatable bonds is 14. The molecule has 8 heteroatoms. The second-order valence-corrected chi connectivity index (χ2v) is 9.37. The third kappa shape index (κ3) is 9.14. The van der Waals surface area contributed by atoms with E-state index in [-0.39, 0.29) is 18.0 Å². The first-order valence-corrected chi connectivity index (χ1v) is 12.8. The van der Waals surface area contributed by atoms with Crippen LogP contribution in [0.4, 0.5) is 5.69 Å². The number of hydrogen-bond acceptors (Lipinski definition) is 6. The number of carbonyl (C=O) groups excluding carboxylic acids is 1. The van der Waals surface area contributed by atoms with E-state index in [1.165, 1.54) is 0 Å². The van der Waals surface area contributed by atoms with E-state index in [0.717, 1.165) is 36.6 Å². The Morgan fingerprint density at radius 1 is 0.846 bits per heavy atom. The van der Waals surface area contributed by atoms with Gasteiger partial charge in [0.15, 0.2) is 0 Å². The molecule has 4 rings (SSSR count). The minimum absolute atomic E-state index is 0.0832. The number of aromatic carboxylic acids is 1. The van der Waals surface area contributed by atoms with E-state index in [9.17, 15) is 9.59 Å². The van der Waals surface area contributed by atoms with Gasteiger partial charge in [-0.2, -0.15) is 0 Å². The van der Waals surface area contributed by atoms with Crippen LogP contribution >= 0.6 is 0 Å². The minimum Gasteiger partial charge on any atom is -0.478 e. The van der Waals surface area contributed by atoms with Gasteiger partial charge >= 0.3 is 5.97 Å². The molecular formula is C31H33N3O5. The van der Waals surface area contributed by atoms with Crippen molar-refractivity contribution >= 4 is 17.6 Å². The van der Waals surface area contributed by atoms with Crippen LogP contribution < -0.4 is 10.1 Å². The molecule has 0 saturated heterocycles. The summed E-state index contributed by atoms with van der Waals surface area (Å²) in [5, 5.41) is 12.1. The van der Waals surface area contributed by atoms with Crippen molar-refractivity contribution in [3.05, 3.63) is 114 Å². The third-order valence-electron chi connectivity index (χ3n) is 6.11. The van der Waals surface area contributed by atoms with E-state index in [0.29, 0.717) is 24.5 Å². The van der Waals surface area contributed by atoms with Crippen molar-refractivity contribution in [2.75, 3.05) is 32.0 Å². The Morgan fingerprint density at radius 2 is 1.56 bits per heavy atom. The lowest BCUT2D eigenvalue weighted by molar-refractivity contribution is -0.117. The summed E-state index contributed by atoms with van der Waals surface area (Å²) in [4.78, 5) is 28.0. The monoisotopic (exact) mass is 527 g/mol. The molecule has 3 aromatic carbocycles. The summed E-state index contributed by atoms with van der Waals surface area (Å²) in [7, 11) is 1.93. The van der Waals surface area contributed by atoms with Crippen molar-refractivity contribution in [3.8, 4) is 11.5 Å². The number of carboxylic acids is 1. The number of nitrogens with one attached hydrogen (secondary N) is 1. The van der Waals surface area contributed by atoms with Crippen LogP contribution in [0.15, 0.2) is 102 Å². The number of para-hydroxylation sites is 1. The van der Waals surface area contributed by atoms with Gasteiger partial charge in [-0.05, 0) is 86.2 Å². The number of carboxylic acid groups (broad SMARTS) is 1. The van der Waals surface area contributed by atoms with Crippen molar-refractivity contribution in [1.82, 2.24) is 9.80 Å². The van der Waals surface area contributed by atoms with Crippen molar-refractivity contribution in [2.45, 2.75) is 19.5 Å². The van der Waals surface area contributed by atoms with Crippen LogP contribution in [-0.2, 0) is 17.9 Å². The van der Waals surface area contributed by atoms with Gasteiger partial charge in [-0.25, -0.2) is 4.79 Å². The Bertz CT molecular complexity index is 1310. The van der Waals surface area contributed by atoms with E-state index >= 15 is 0 Å². The summed E-state index contributed by atoms with van der Waals surface area (Å²) in [6.45, 7) is 3.11. The van der Waals surface area contributed by atoms with Gasteiger partial charge in [-0.3, -0.25) is 14.6 Å². The van der Waals surface area contributed by atoms with Crippen LogP contribution in [0.1, 0.15) is 28.1 Å². The number of ether oxygens (including phenoxy) is 1. The maximum absolute atomic E-state index is 12.6. The maximum Gasteiger partial charge on any atom is 0.335 e. The summed E-state index contributed by atoms with van der Waals surface area (Å²) in [6, 6.07) is 27.6. The van der Waals surface area contributed by atoms with Crippen LogP contribution in [-0.4, -0.2) is 53.5 Å². The number of nitrogens with zero attached hydrogens (tertiary/aromatic N) is 2. The molecule has 0 aliphatic carbocycles. The lowest BCUT2D eigenvalue weighted by Gasteiger charge is -2.23. The number of furan rings is 1. The van der Waals surface area contributed by atoms with Gasteiger partial charge in [0.25, 0.3) is 0 Å². The average molecular weight is 528 g/mol. The molecule has 0 radical (unpaired) electrons. The van der Waals surface area contributed by atoms with Crippen LogP contribution in [0.3, 0.4) is 0 Å². The fourth-order valence-electron chi connectivity index (χ4n) is 4.17. The SMILES string of the molecule is CN(CCCN(Cc1ccc(C(=O)O)cc1)Cc1ccco1)CC(=O)Nc1ccc(Oc2ccccc2)cc1. The van der Waals surface area contributed by atoms with E-state index in [1.807, 2.05) is 90.8 Å². The Kier molecular flexibility index (Phi) is 9.88. The van der Waals surface area contributed by atoms with Gasteiger partial charge in [-0.1, -0.05) is 30.3 Å². The van der Waals surface area contributed by atoms with E-state index in [2.05, 4.69) is 10.2 Å². The molecule has 202 valence electrons. The van der Waals surface area contributed by atoms with Crippen LogP contribution in [0.5, 0.6) is 11.5 Å². The highest BCUT2D eigenvalue weighted by Crippen LogP contribution is 2.22. The molecule has 8 nitrogen and oxygen atoms in total. The van der Waals surface area contributed by atoms with Crippen LogP contribution in [0, 0.1) is 0 Å². The van der Waals surface area contributed by atoms with E-state index in [4.69, 9.17) is 14.3 Å². The van der Waals surface area contributed by atoms with Gasteiger partial charge in [0.05, 0.1) is 24.9 Å². The molecule has 1 amide bonds. The second kappa shape index (κ2) is 13.9. The molecule has 0 spiro atoms. The predicted molar refractivity (Wildman–Crippen MR) is 150 cm³/mol. The van der Waals surface area contributed by atoms with Crippen molar-refractivity contribution in [3.63, 3.8) is 0 Å². The fourth-order valence-corrected chi connectivity index (χ4v) is 4.17. The first-order valence-electron chi connectivity index (χ1n) is 12.8. The first kappa shape index (κ1) is 27.6. The highest BCUT2D eigenvalue weighted by Gasteiger charge is 2.12. The Morgan fingerprint density at radius 3 is 2.23 bits per heavy atom. The van der Waals surface area contributed by atoms with Crippen molar-refractivity contribution < 1.29 is 23.8 Å². The summed E-state index contributed by atoms with van der Waals surface area (Å²) in [5.41, 5.74) is 2.01.